The van der Waals surface area contributed by atoms with Crippen LogP contribution in [0.5, 0.6) is 0 Å². The van der Waals surface area contributed by atoms with E-state index in [1.807, 2.05) is 0 Å². The molecule has 4 atom stereocenters. The number of halogens is 10. The summed E-state index contributed by atoms with van der Waals surface area (Å²) < 4.78 is 111. The van der Waals surface area contributed by atoms with Gasteiger partial charge < -0.3 is 21.3 Å². The molecule has 48 heavy (non-hydrogen) atoms. The SMILES string of the molecule is C1CCC(C2CCCC[N-]2)[N-]C1.FC1=C[C-](F)C(C2CCCC[N-]2)=C=C1.FC1=C[C-](F)C(C2CCCC[N-]2)=C=C1.F[P-](F)(F)(F)(F)F.[Ir]. The summed E-state index contributed by atoms with van der Waals surface area (Å²) in [4.78, 5) is 0. The fourth-order valence-corrected chi connectivity index (χ4v) is 5.73. The van der Waals surface area contributed by atoms with Crippen molar-refractivity contribution in [2.75, 3.05) is 26.2 Å². The van der Waals surface area contributed by atoms with E-state index in [9.17, 15) is 42.7 Å². The molecule has 0 aromatic carbocycles. The van der Waals surface area contributed by atoms with E-state index in [2.05, 4.69) is 32.7 Å². The van der Waals surface area contributed by atoms with Crippen LogP contribution in [0.1, 0.15) is 77.0 Å². The van der Waals surface area contributed by atoms with E-state index in [-0.39, 0.29) is 32.2 Å². The average molecular weight is 894 g/mol. The molecule has 4 nitrogen and oxygen atoms in total. The molecule has 1 radical (unpaired) electrons. The molecular formula is C32H40F10IrN4P-7. The molecule has 4 saturated heterocycles. The molecule has 0 aromatic rings. The zero-order valence-electron chi connectivity index (χ0n) is 26.3. The van der Waals surface area contributed by atoms with Gasteiger partial charge in [-0.2, -0.15) is 12.1 Å². The smallest absolute Gasteiger partial charge is 0 e. The molecule has 2 aliphatic carbocycles. The van der Waals surface area contributed by atoms with Crippen LogP contribution in [0, 0.1) is 12.3 Å². The van der Waals surface area contributed by atoms with Gasteiger partial charge in [-0.15, -0.1) is 73.7 Å². The molecule has 6 rings (SSSR count). The molecule has 16 heteroatoms. The van der Waals surface area contributed by atoms with Gasteiger partial charge in [0.1, 0.15) is 0 Å². The Morgan fingerprint density at radius 2 is 0.854 bits per heavy atom. The molecule has 4 unspecified atom stereocenters. The maximum absolute atomic E-state index is 13.3. The van der Waals surface area contributed by atoms with E-state index in [1.54, 1.807) is 0 Å². The van der Waals surface area contributed by atoms with E-state index in [1.165, 1.54) is 50.7 Å². The summed E-state index contributed by atoms with van der Waals surface area (Å²) in [6.07, 6.45) is 17.0. The molecular weight excluding hydrogens is 854 g/mol. The summed E-state index contributed by atoms with van der Waals surface area (Å²) in [6, 6.07) is 0.951. The van der Waals surface area contributed by atoms with Crippen molar-refractivity contribution in [2.45, 2.75) is 101 Å². The van der Waals surface area contributed by atoms with Crippen LogP contribution >= 0.6 is 7.81 Å². The normalized spacial score (nSPS) is 28.8. The predicted molar refractivity (Wildman–Crippen MR) is 167 cm³/mol. The molecule has 0 N–H and O–H groups in total. The third-order valence-corrected chi connectivity index (χ3v) is 7.90. The summed E-state index contributed by atoms with van der Waals surface area (Å²) in [5.41, 5.74) is 6.08. The summed E-state index contributed by atoms with van der Waals surface area (Å²) in [6.45, 7) is 3.73. The Kier molecular flexibility index (Phi) is 16.6. The Morgan fingerprint density at radius 3 is 1.10 bits per heavy atom. The minimum absolute atomic E-state index is 0. The van der Waals surface area contributed by atoms with Crippen molar-refractivity contribution in [3.8, 4) is 0 Å². The fourth-order valence-electron chi connectivity index (χ4n) is 5.73. The molecule has 0 saturated carbocycles. The van der Waals surface area contributed by atoms with Gasteiger partial charge in [-0.1, -0.05) is 77.0 Å². The maximum Gasteiger partial charge on any atom is 0 e. The van der Waals surface area contributed by atoms with Crippen molar-refractivity contribution in [2.24, 2.45) is 0 Å². The zero-order chi connectivity index (χ0) is 34.6. The molecule has 0 bridgehead atoms. The maximum atomic E-state index is 13.3. The van der Waals surface area contributed by atoms with E-state index in [0.29, 0.717) is 23.2 Å². The van der Waals surface area contributed by atoms with Crippen molar-refractivity contribution < 1.29 is 62.8 Å². The van der Waals surface area contributed by atoms with E-state index < -0.39 is 31.8 Å². The van der Waals surface area contributed by atoms with Crippen molar-refractivity contribution in [3.05, 3.63) is 92.2 Å². The van der Waals surface area contributed by atoms with Crippen molar-refractivity contribution in [1.82, 2.24) is 0 Å². The van der Waals surface area contributed by atoms with Gasteiger partial charge in [0.25, 0.3) is 0 Å². The summed E-state index contributed by atoms with van der Waals surface area (Å²) >= 11 is 0. The average Bonchev–Trinajstić information content (AvgIpc) is 3.02. The first-order valence-electron chi connectivity index (χ1n) is 15.9. The van der Waals surface area contributed by atoms with Crippen molar-refractivity contribution in [1.29, 1.82) is 0 Å². The number of allylic oxidation sites excluding steroid dienone is 4. The number of piperidine rings is 4. The summed E-state index contributed by atoms with van der Waals surface area (Å²) in [7, 11) is -10.7. The van der Waals surface area contributed by atoms with Crippen LogP contribution < -0.4 is 0 Å². The topological polar surface area (TPSA) is 56.4 Å². The number of nitrogens with zero attached hydrogens (tertiary/aromatic N) is 4. The predicted octanol–water partition coefficient (Wildman–Crippen LogP) is 12.9. The van der Waals surface area contributed by atoms with Crippen LogP contribution in [-0.4, -0.2) is 50.3 Å². The van der Waals surface area contributed by atoms with Gasteiger partial charge >= 0.3 is 33.0 Å². The Hall–Kier alpha value is -1.52. The van der Waals surface area contributed by atoms with Gasteiger partial charge in [-0.05, 0) is 0 Å². The molecule has 4 aliphatic heterocycles. The number of hydrogen-bond donors (Lipinski definition) is 0. The summed E-state index contributed by atoms with van der Waals surface area (Å²) in [5, 5.41) is 17.9. The van der Waals surface area contributed by atoms with Crippen LogP contribution in [0.25, 0.3) is 21.3 Å². The molecule has 4 heterocycles. The third kappa shape index (κ3) is 17.9. The van der Waals surface area contributed by atoms with Gasteiger partial charge in [0.15, 0.2) is 0 Å². The number of rotatable bonds is 3. The van der Waals surface area contributed by atoms with E-state index in [0.717, 1.165) is 76.9 Å². The Labute approximate surface area is 289 Å². The molecule has 4 fully saturated rings. The van der Waals surface area contributed by atoms with Crippen LogP contribution in [0.4, 0.5) is 42.7 Å². The van der Waals surface area contributed by atoms with E-state index >= 15 is 0 Å². The molecule has 279 valence electrons. The van der Waals surface area contributed by atoms with Crippen LogP contribution in [0.2, 0.25) is 0 Å². The van der Waals surface area contributed by atoms with Crippen molar-refractivity contribution >= 4 is 7.81 Å². The summed E-state index contributed by atoms with van der Waals surface area (Å²) in [5.74, 6) is -1.16. The second kappa shape index (κ2) is 18.6. The van der Waals surface area contributed by atoms with Gasteiger partial charge in [0.05, 0.1) is 0 Å². The number of hydrogen-bond acceptors (Lipinski definition) is 0. The van der Waals surface area contributed by atoms with Gasteiger partial charge in [0, 0.05) is 44.1 Å². The second-order valence-electron chi connectivity index (χ2n) is 11.9. The van der Waals surface area contributed by atoms with Gasteiger partial charge in [-0.25, -0.2) is 0 Å². The minimum atomic E-state index is -10.7. The quantitative estimate of drug-likeness (QED) is 0.117. The molecule has 0 spiro atoms. The largest absolute Gasteiger partial charge is 0 e. The third-order valence-electron chi connectivity index (χ3n) is 7.90. The Balaban J connectivity index is 0.000000227. The minimum Gasteiger partial charge on any atom is 0 e. The standard InChI is InChI=1S/2C11H11F2N.C10H18N2.F6P.Ir/c2*12-8-4-5-9(10(13)7-8)11-3-1-2-6-14-11;1-3-7-11-9(5-1)10-6-2-4-8-12-10;1-7(2,3,4,5)6;/h2*4,7,11H,1-3,6H2;9-10H,1-8H2;;/q3*-2;-1;. The van der Waals surface area contributed by atoms with Crippen molar-refractivity contribution in [3.63, 3.8) is 0 Å². The molecule has 0 amide bonds. The first-order valence-corrected chi connectivity index (χ1v) is 17.9. The first-order chi connectivity index (χ1) is 22.0. The first kappa shape index (κ1) is 42.6. The van der Waals surface area contributed by atoms with Gasteiger partial charge in [-0.3, -0.25) is 29.0 Å². The molecule has 6 aliphatic rings. The second-order valence-corrected chi connectivity index (χ2v) is 13.8. The van der Waals surface area contributed by atoms with Crippen LogP contribution in [0.15, 0.2) is 58.6 Å². The van der Waals surface area contributed by atoms with Crippen LogP contribution in [0.3, 0.4) is 0 Å². The molecule has 0 aromatic heterocycles. The zero-order valence-corrected chi connectivity index (χ0v) is 29.6. The van der Waals surface area contributed by atoms with Crippen LogP contribution in [-0.2, 0) is 20.1 Å². The Morgan fingerprint density at radius 1 is 0.542 bits per heavy atom. The Bertz CT molecular complexity index is 1110. The fraction of sp³-hybridized carbons (Fsp3) is 0.625. The van der Waals surface area contributed by atoms with Gasteiger partial charge in [0.2, 0.25) is 0 Å². The van der Waals surface area contributed by atoms with E-state index in [4.69, 9.17) is 0 Å². The monoisotopic (exact) mass is 894 g/mol.